The van der Waals surface area contributed by atoms with Crippen LogP contribution < -0.4 is 5.32 Å². The van der Waals surface area contributed by atoms with E-state index in [2.05, 4.69) is 10.3 Å². The molecule has 31 heavy (non-hydrogen) atoms. The Morgan fingerprint density at radius 2 is 1.61 bits per heavy atom. The second kappa shape index (κ2) is 8.75. The minimum Gasteiger partial charge on any atom is -0.345 e. The Balaban J connectivity index is 1.71. The number of carbonyl (C=O) groups excluding carboxylic acids is 2. The normalized spacial score (nSPS) is 10.6. The molecule has 6 heteroatoms. The summed E-state index contributed by atoms with van der Waals surface area (Å²) in [7, 11) is 1.77. The van der Waals surface area contributed by atoms with Crippen LogP contribution in [0.1, 0.15) is 20.8 Å². The van der Waals surface area contributed by atoms with Crippen molar-refractivity contribution >= 4 is 11.7 Å². The van der Waals surface area contributed by atoms with Gasteiger partial charge in [-0.1, -0.05) is 42.5 Å². The minimum absolute atomic E-state index is 0.124. The number of carbonyl (C=O) groups is 2. The van der Waals surface area contributed by atoms with Crippen molar-refractivity contribution in [2.45, 2.75) is 0 Å². The summed E-state index contributed by atoms with van der Waals surface area (Å²) < 4.78 is 15.2. The van der Waals surface area contributed by atoms with Crippen molar-refractivity contribution in [3.05, 3.63) is 102 Å². The van der Waals surface area contributed by atoms with Crippen LogP contribution in [-0.2, 0) is 7.05 Å². The number of Topliss-reactive ketones (excluding diaryl/α,β-unsaturated/α-hetero) is 1. The predicted octanol–water partition coefficient (Wildman–Crippen LogP) is 4.51. The zero-order valence-electron chi connectivity index (χ0n) is 16.9. The molecule has 0 unspecified atom stereocenters. The van der Waals surface area contributed by atoms with Crippen molar-refractivity contribution in [1.82, 2.24) is 14.9 Å². The molecular weight excluding hydrogens is 393 g/mol. The fourth-order valence-electron chi connectivity index (χ4n) is 3.53. The number of pyridine rings is 1. The average molecular weight is 413 g/mol. The smallest absolute Gasteiger partial charge is 0.268 e. The van der Waals surface area contributed by atoms with Crippen LogP contribution in [-0.4, -0.2) is 27.8 Å². The molecule has 0 radical (unpaired) electrons. The Morgan fingerprint density at radius 1 is 0.935 bits per heavy atom. The molecule has 1 N–H and O–H groups in total. The second-order valence-corrected chi connectivity index (χ2v) is 7.09. The standard InChI is InChI=1S/C25H20FN3O2/c1-29-16-21(17-11-13-27-14-12-17)23(19-7-9-20(26)10-8-19)24(29)25(31)28-15-22(30)18-5-3-2-4-6-18/h2-14,16H,15H2,1H3,(H,28,31). The average Bonchev–Trinajstić information content (AvgIpc) is 3.16. The summed E-state index contributed by atoms with van der Waals surface area (Å²) in [6.07, 6.45) is 5.20. The number of nitrogens with one attached hydrogen (secondary N) is 1. The number of hydrogen-bond donors (Lipinski definition) is 1. The van der Waals surface area contributed by atoms with E-state index in [1.165, 1.54) is 12.1 Å². The molecule has 0 saturated carbocycles. The van der Waals surface area contributed by atoms with E-state index in [1.807, 2.05) is 24.4 Å². The molecule has 0 bridgehead atoms. The van der Waals surface area contributed by atoms with Gasteiger partial charge in [-0.25, -0.2) is 4.39 Å². The van der Waals surface area contributed by atoms with E-state index in [-0.39, 0.29) is 24.1 Å². The lowest BCUT2D eigenvalue weighted by atomic mass is 9.97. The Morgan fingerprint density at radius 3 is 2.29 bits per heavy atom. The van der Waals surface area contributed by atoms with Gasteiger partial charge in [-0.2, -0.15) is 0 Å². The Bertz CT molecular complexity index is 1220. The zero-order chi connectivity index (χ0) is 21.8. The van der Waals surface area contributed by atoms with Crippen LogP contribution in [0.3, 0.4) is 0 Å². The van der Waals surface area contributed by atoms with Gasteiger partial charge in [-0.3, -0.25) is 14.6 Å². The van der Waals surface area contributed by atoms with Gasteiger partial charge in [0.25, 0.3) is 5.91 Å². The summed E-state index contributed by atoms with van der Waals surface area (Å²) in [6, 6.07) is 18.5. The van der Waals surface area contributed by atoms with E-state index in [4.69, 9.17) is 0 Å². The quantitative estimate of drug-likeness (QED) is 0.473. The van der Waals surface area contributed by atoms with Crippen LogP contribution >= 0.6 is 0 Å². The molecule has 2 aromatic heterocycles. The zero-order valence-corrected chi connectivity index (χ0v) is 16.9. The molecule has 4 aromatic rings. The molecule has 0 fully saturated rings. The third kappa shape index (κ3) is 4.28. The van der Waals surface area contributed by atoms with Gasteiger partial charge in [-0.05, 0) is 35.4 Å². The summed E-state index contributed by atoms with van der Waals surface area (Å²) in [5.74, 6) is -0.920. The second-order valence-electron chi connectivity index (χ2n) is 7.09. The lowest BCUT2D eigenvalue weighted by Gasteiger charge is -2.11. The number of nitrogens with zero attached hydrogens (tertiary/aromatic N) is 2. The van der Waals surface area contributed by atoms with Gasteiger partial charge in [0.2, 0.25) is 0 Å². The molecule has 5 nitrogen and oxygen atoms in total. The molecule has 4 rings (SSSR count). The number of ketones is 1. The highest BCUT2D eigenvalue weighted by atomic mass is 19.1. The number of benzene rings is 2. The first-order valence-corrected chi connectivity index (χ1v) is 9.76. The van der Waals surface area contributed by atoms with Gasteiger partial charge >= 0.3 is 0 Å². The van der Waals surface area contributed by atoms with Gasteiger partial charge in [-0.15, -0.1) is 0 Å². The fraction of sp³-hybridized carbons (Fsp3) is 0.0800. The molecule has 0 aliphatic carbocycles. The fourth-order valence-corrected chi connectivity index (χ4v) is 3.53. The number of rotatable bonds is 6. The maximum Gasteiger partial charge on any atom is 0.268 e. The molecule has 0 atom stereocenters. The first-order valence-electron chi connectivity index (χ1n) is 9.76. The highest BCUT2D eigenvalue weighted by molar-refractivity contribution is 6.06. The van der Waals surface area contributed by atoms with Gasteiger partial charge in [0.1, 0.15) is 11.5 Å². The summed E-state index contributed by atoms with van der Waals surface area (Å²) in [4.78, 5) is 29.6. The Kier molecular flexibility index (Phi) is 5.71. The van der Waals surface area contributed by atoms with E-state index >= 15 is 0 Å². The first-order chi connectivity index (χ1) is 15.0. The molecule has 1 amide bonds. The SMILES string of the molecule is Cn1cc(-c2ccncc2)c(-c2ccc(F)cc2)c1C(=O)NCC(=O)c1ccccc1. The molecule has 2 aromatic carbocycles. The Labute approximate surface area is 179 Å². The van der Waals surface area contributed by atoms with Gasteiger partial charge in [0, 0.05) is 42.3 Å². The molecule has 0 aliphatic rings. The minimum atomic E-state index is -0.383. The van der Waals surface area contributed by atoms with Crippen LogP contribution in [0.2, 0.25) is 0 Å². The monoisotopic (exact) mass is 413 g/mol. The van der Waals surface area contributed by atoms with Crippen LogP contribution in [0.4, 0.5) is 4.39 Å². The highest BCUT2D eigenvalue weighted by Crippen LogP contribution is 2.36. The lowest BCUT2D eigenvalue weighted by Crippen LogP contribution is -2.31. The van der Waals surface area contributed by atoms with E-state index in [1.54, 1.807) is 60.4 Å². The molecule has 2 heterocycles. The maximum absolute atomic E-state index is 13.5. The number of aromatic nitrogens is 2. The van der Waals surface area contributed by atoms with Gasteiger partial charge in [0.05, 0.1) is 6.54 Å². The maximum atomic E-state index is 13.5. The number of amides is 1. The summed E-state index contributed by atoms with van der Waals surface area (Å²) >= 11 is 0. The molecule has 0 saturated heterocycles. The summed E-state index contributed by atoms with van der Waals surface area (Å²) in [5, 5.41) is 2.73. The third-order valence-electron chi connectivity index (χ3n) is 5.03. The number of aryl methyl sites for hydroxylation is 1. The molecule has 154 valence electrons. The molecule has 0 aliphatic heterocycles. The highest BCUT2D eigenvalue weighted by Gasteiger charge is 2.23. The van der Waals surface area contributed by atoms with E-state index in [9.17, 15) is 14.0 Å². The van der Waals surface area contributed by atoms with E-state index < -0.39 is 0 Å². The van der Waals surface area contributed by atoms with Crippen LogP contribution in [0, 0.1) is 5.82 Å². The van der Waals surface area contributed by atoms with Crippen LogP contribution in [0.5, 0.6) is 0 Å². The van der Waals surface area contributed by atoms with Crippen molar-refractivity contribution in [2.24, 2.45) is 7.05 Å². The van der Waals surface area contributed by atoms with Crippen molar-refractivity contribution in [2.75, 3.05) is 6.54 Å². The van der Waals surface area contributed by atoms with E-state index in [0.717, 1.165) is 11.1 Å². The number of hydrogen-bond acceptors (Lipinski definition) is 3. The van der Waals surface area contributed by atoms with Gasteiger partial charge < -0.3 is 9.88 Å². The largest absolute Gasteiger partial charge is 0.345 e. The van der Waals surface area contributed by atoms with Crippen molar-refractivity contribution in [3.8, 4) is 22.3 Å². The lowest BCUT2D eigenvalue weighted by molar-refractivity contribution is 0.0899. The van der Waals surface area contributed by atoms with Gasteiger partial charge in [0.15, 0.2) is 5.78 Å². The topological polar surface area (TPSA) is 64.0 Å². The van der Waals surface area contributed by atoms with Crippen molar-refractivity contribution < 1.29 is 14.0 Å². The molecular formula is C25H20FN3O2. The Hall–Kier alpha value is -4.06. The van der Waals surface area contributed by atoms with Crippen LogP contribution in [0.15, 0.2) is 85.3 Å². The first kappa shape index (κ1) is 20.2. The number of halogens is 1. The van der Waals surface area contributed by atoms with Crippen LogP contribution in [0.25, 0.3) is 22.3 Å². The molecule has 0 spiro atoms. The predicted molar refractivity (Wildman–Crippen MR) is 117 cm³/mol. The van der Waals surface area contributed by atoms with E-state index in [0.29, 0.717) is 22.4 Å². The van der Waals surface area contributed by atoms with Crippen molar-refractivity contribution in [1.29, 1.82) is 0 Å². The third-order valence-corrected chi connectivity index (χ3v) is 5.03. The summed E-state index contributed by atoms with van der Waals surface area (Å²) in [6.45, 7) is -0.124. The van der Waals surface area contributed by atoms with Crippen molar-refractivity contribution in [3.63, 3.8) is 0 Å². The summed E-state index contributed by atoms with van der Waals surface area (Å²) in [5.41, 5.74) is 3.98.